The van der Waals surface area contributed by atoms with Gasteiger partial charge in [0.15, 0.2) is 11.5 Å². The van der Waals surface area contributed by atoms with Gasteiger partial charge in [0.1, 0.15) is 5.71 Å². The van der Waals surface area contributed by atoms with Gasteiger partial charge in [-0.15, -0.1) is 5.10 Å². The molecule has 0 fully saturated rings. The summed E-state index contributed by atoms with van der Waals surface area (Å²) in [7, 11) is 1.38. The van der Waals surface area contributed by atoms with Crippen LogP contribution in [0, 0.1) is 0 Å². The number of hydrogen-bond acceptors (Lipinski definition) is 4. The Kier molecular flexibility index (Phi) is 6.46. The zero-order valence-corrected chi connectivity index (χ0v) is 15.1. The number of ether oxygens (including phenoxy) is 2. The molecule has 0 aliphatic carbocycles. The maximum absolute atomic E-state index is 12.4. The van der Waals surface area contributed by atoms with E-state index in [1.807, 2.05) is 60.7 Å². The average molecular weight is 380 g/mol. The van der Waals surface area contributed by atoms with Gasteiger partial charge in [-0.1, -0.05) is 60.7 Å². The first-order valence-corrected chi connectivity index (χ1v) is 8.52. The molecule has 0 unspecified atom stereocenters. The van der Waals surface area contributed by atoms with Gasteiger partial charge in [0.05, 0.1) is 13.3 Å². The van der Waals surface area contributed by atoms with E-state index in [9.17, 15) is 8.78 Å². The van der Waals surface area contributed by atoms with Gasteiger partial charge in [-0.2, -0.15) is 13.9 Å². The second kappa shape index (κ2) is 9.41. The molecular weight excluding hydrogens is 362 g/mol. The third-order valence-electron chi connectivity index (χ3n) is 3.86. The molecule has 142 valence electrons. The molecule has 0 saturated carbocycles. The van der Waals surface area contributed by atoms with Crippen LogP contribution < -0.4 is 9.47 Å². The van der Waals surface area contributed by atoms with Crippen LogP contribution >= 0.6 is 0 Å². The molecule has 0 aliphatic rings. The smallest absolute Gasteiger partial charge is 0.387 e. The van der Waals surface area contributed by atoms with Crippen molar-refractivity contribution >= 4 is 11.9 Å². The molecule has 0 amide bonds. The van der Waals surface area contributed by atoms with Crippen molar-refractivity contribution in [3.05, 3.63) is 95.6 Å². The summed E-state index contributed by atoms with van der Waals surface area (Å²) >= 11 is 0. The van der Waals surface area contributed by atoms with Gasteiger partial charge in [-0.3, -0.25) is 0 Å². The quantitative estimate of drug-likeness (QED) is 0.419. The normalized spacial score (nSPS) is 10.9. The summed E-state index contributed by atoms with van der Waals surface area (Å²) in [5.41, 5.74) is 3.23. The molecule has 0 spiro atoms. The summed E-state index contributed by atoms with van der Waals surface area (Å²) < 4.78 is 34.4. The first-order valence-electron chi connectivity index (χ1n) is 8.52. The monoisotopic (exact) mass is 380 g/mol. The zero-order chi connectivity index (χ0) is 19.8. The Hall–Kier alpha value is -3.54. The molecule has 0 bridgehead atoms. The fourth-order valence-corrected chi connectivity index (χ4v) is 2.59. The highest BCUT2D eigenvalue weighted by atomic mass is 19.3. The highest BCUT2D eigenvalue weighted by Crippen LogP contribution is 2.29. The van der Waals surface area contributed by atoms with Crippen LogP contribution in [-0.4, -0.2) is 25.6 Å². The zero-order valence-electron chi connectivity index (χ0n) is 15.1. The third kappa shape index (κ3) is 5.01. The lowest BCUT2D eigenvalue weighted by Gasteiger charge is -2.09. The van der Waals surface area contributed by atoms with Gasteiger partial charge in [-0.05, 0) is 23.8 Å². The van der Waals surface area contributed by atoms with Crippen LogP contribution in [0.1, 0.15) is 16.7 Å². The predicted octanol–water partition coefficient (Wildman–Crippen LogP) is 5.17. The lowest BCUT2D eigenvalue weighted by atomic mass is 10.0. The Morgan fingerprint density at radius 2 is 1.46 bits per heavy atom. The minimum Gasteiger partial charge on any atom is -0.493 e. The van der Waals surface area contributed by atoms with Crippen LogP contribution in [0.5, 0.6) is 11.5 Å². The fourth-order valence-electron chi connectivity index (χ4n) is 2.59. The second-order valence-corrected chi connectivity index (χ2v) is 5.71. The Labute approximate surface area is 161 Å². The van der Waals surface area contributed by atoms with Crippen LogP contribution in [0.2, 0.25) is 0 Å². The number of benzene rings is 3. The van der Waals surface area contributed by atoms with E-state index in [2.05, 4.69) is 14.9 Å². The number of halogens is 2. The van der Waals surface area contributed by atoms with E-state index in [-0.39, 0.29) is 11.5 Å². The molecule has 0 aliphatic heterocycles. The van der Waals surface area contributed by atoms with Crippen LogP contribution in [-0.2, 0) is 0 Å². The van der Waals surface area contributed by atoms with E-state index in [0.717, 1.165) is 16.8 Å². The van der Waals surface area contributed by atoms with Gasteiger partial charge < -0.3 is 9.47 Å². The Balaban J connectivity index is 1.89. The van der Waals surface area contributed by atoms with Crippen LogP contribution in [0.15, 0.2) is 89.1 Å². The fraction of sp³-hybridized carbons (Fsp3) is 0.0909. The Morgan fingerprint density at radius 1 is 0.857 bits per heavy atom. The van der Waals surface area contributed by atoms with Crippen LogP contribution in [0.4, 0.5) is 8.78 Å². The summed E-state index contributed by atoms with van der Waals surface area (Å²) in [6.45, 7) is -2.92. The number of methoxy groups -OCH3 is 1. The molecule has 0 aromatic heterocycles. The van der Waals surface area contributed by atoms with Crippen molar-refractivity contribution in [2.45, 2.75) is 6.61 Å². The van der Waals surface area contributed by atoms with Crippen molar-refractivity contribution in [2.75, 3.05) is 7.11 Å². The largest absolute Gasteiger partial charge is 0.493 e. The number of nitrogens with zero attached hydrogens (tertiary/aromatic N) is 2. The molecule has 0 heterocycles. The van der Waals surface area contributed by atoms with Crippen molar-refractivity contribution in [3.63, 3.8) is 0 Å². The minimum absolute atomic E-state index is 0.0348. The summed E-state index contributed by atoms with van der Waals surface area (Å²) in [5.74, 6) is 0.159. The highest BCUT2D eigenvalue weighted by molar-refractivity contribution is 6.12. The standard InChI is InChI=1S/C22H18F2N2O2/c1-27-20-14-16(12-13-19(20)28-22(23)24)15-25-26-21(17-8-4-2-5-9-17)18-10-6-3-7-11-18/h2-15,22H,1H3/b25-15-. The molecule has 3 aromatic carbocycles. The van der Waals surface area contributed by atoms with Crippen molar-refractivity contribution in [1.82, 2.24) is 0 Å². The SMILES string of the molecule is COc1cc(/C=N\N=C(c2ccccc2)c2ccccc2)ccc1OC(F)F. The molecule has 0 saturated heterocycles. The number of rotatable bonds is 7. The topological polar surface area (TPSA) is 43.2 Å². The number of alkyl halides is 2. The van der Waals surface area contributed by atoms with Gasteiger partial charge in [0.2, 0.25) is 0 Å². The van der Waals surface area contributed by atoms with Crippen LogP contribution in [0.25, 0.3) is 0 Å². The lowest BCUT2D eigenvalue weighted by Crippen LogP contribution is -2.04. The maximum Gasteiger partial charge on any atom is 0.387 e. The second-order valence-electron chi connectivity index (χ2n) is 5.71. The maximum atomic E-state index is 12.4. The van der Waals surface area contributed by atoms with E-state index in [4.69, 9.17) is 4.74 Å². The minimum atomic E-state index is -2.92. The van der Waals surface area contributed by atoms with E-state index >= 15 is 0 Å². The first-order chi connectivity index (χ1) is 13.7. The lowest BCUT2D eigenvalue weighted by molar-refractivity contribution is -0.0512. The Morgan fingerprint density at radius 3 is 2.00 bits per heavy atom. The van der Waals surface area contributed by atoms with Gasteiger partial charge >= 0.3 is 6.61 Å². The van der Waals surface area contributed by atoms with E-state index in [1.54, 1.807) is 12.1 Å². The molecule has 0 N–H and O–H groups in total. The first kappa shape index (κ1) is 19.2. The Bertz CT molecular complexity index is 917. The summed E-state index contributed by atoms with van der Waals surface area (Å²) in [4.78, 5) is 0. The van der Waals surface area contributed by atoms with E-state index in [0.29, 0.717) is 5.56 Å². The molecule has 3 rings (SSSR count). The molecular formula is C22H18F2N2O2. The molecule has 0 atom stereocenters. The predicted molar refractivity (Wildman–Crippen MR) is 106 cm³/mol. The average Bonchev–Trinajstić information content (AvgIpc) is 2.73. The van der Waals surface area contributed by atoms with E-state index in [1.165, 1.54) is 19.4 Å². The van der Waals surface area contributed by atoms with Gasteiger partial charge in [-0.25, -0.2) is 0 Å². The highest BCUT2D eigenvalue weighted by Gasteiger charge is 2.10. The van der Waals surface area contributed by atoms with Gasteiger partial charge in [0, 0.05) is 11.1 Å². The van der Waals surface area contributed by atoms with Crippen molar-refractivity contribution in [3.8, 4) is 11.5 Å². The van der Waals surface area contributed by atoms with Crippen LogP contribution in [0.3, 0.4) is 0 Å². The summed E-state index contributed by atoms with van der Waals surface area (Å²) in [6.07, 6.45) is 1.53. The summed E-state index contributed by atoms with van der Waals surface area (Å²) in [5, 5.41) is 8.56. The van der Waals surface area contributed by atoms with Crippen molar-refractivity contribution in [2.24, 2.45) is 10.2 Å². The summed E-state index contributed by atoms with van der Waals surface area (Å²) in [6, 6.07) is 24.0. The molecule has 28 heavy (non-hydrogen) atoms. The molecule has 4 nitrogen and oxygen atoms in total. The van der Waals surface area contributed by atoms with E-state index < -0.39 is 6.61 Å². The third-order valence-corrected chi connectivity index (χ3v) is 3.86. The number of hydrogen-bond donors (Lipinski definition) is 0. The van der Waals surface area contributed by atoms with Gasteiger partial charge in [0.25, 0.3) is 0 Å². The molecule has 6 heteroatoms. The molecule has 0 radical (unpaired) electrons. The van der Waals surface area contributed by atoms with Crippen molar-refractivity contribution < 1.29 is 18.3 Å². The van der Waals surface area contributed by atoms with Crippen molar-refractivity contribution in [1.29, 1.82) is 0 Å². The molecule has 3 aromatic rings.